The van der Waals surface area contributed by atoms with Gasteiger partial charge in [-0.3, -0.25) is 10.1 Å². The van der Waals surface area contributed by atoms with Crippen LogP contribution in [0.15, 0.2) is 24.8 Å². The Balaban J connectivity index is 1.55. The Morgan fingerprint density at radius 3 is 2.52 bits per heavy atom. The van der Waals surface area contributed by atoms with E-state index in [2.05, 4.69) is 30.9 Å². The minimum Gasteiger partial charge on any atom is -0.465 e. The number of fused-ring (bicyclic) bond motifs is 1. The van der Waals surface area contributed by atoms with Crippen molar-refractivity contribution in [3.8, 4) is 0 Å². The second-order valence-corrected chi connectivity index (χ2v) is 12.7. The van der Waals surface area contributed by atoms with E-state index in [1.165, 1.54) is 17.0 Å². The van der Waals surface area contributed by atoms with E-state index >= 15 is 0 Å². The monoisotopic (exact) mass is 668 g/mol. The summed E-state index contributed by atoms with van der Waals surface area (Å²) in [5.74, 6) is -0.544. The number of benzene rings is 1. The van der Waals surface area contributed by atoms with Crippen molar-refractivity contribution >= 4 is 52.4 Å². The molecule has 2 atom stereocenters. The zero-order chi connectivity index (χ0) is 33.6. The van der Waals surface area contributed by atoms with Gasteiger partial charge in [-0.25, -0.2) is 24.5 Å². The molecule has 2 fully saturated rings. The molecule has 0 spiro atoms. The number of imidazole rings is 1. The lowest BCUT2D eigenvalue weighted by Crippen LogP contribution is -2.60. The van der Waals surface area contributed by atoms with Crippen molar-refractivity contribution in [1.82, 2.24) is 30.2 Å². The number of carbonyl (C=O) groups excluding carboxylic acids is 2. The number of amides is 3. The zero-order valence-corrected chi connectivity index (χ0v) is 25.7. The summed E-state index contributed by atoms with van der Waals surface area (Å²) in [4.78, 5) is 51.4. The van der Waals surface area contributed by atoms with Gasteiger partial charge in [0.15, 0.2) is 23.1 Å². The number of aliphatic hydroxyl groups excluding tert-OH is 1. The van der Waals surface area contributed by atoms with Crippen LogP contribution in [0.5, 0.6) is 0 Å². The number of aliphatic hydroxyl groups is 1. The fourth-order valence-electron chi connectivity index (χ4n) is 5.29. The van der Waals surface area contributed by atoms with Gasteiger partial charge in [0.05, 0.1) is 19.4 Å². The largest absolute Gasteiger partial charge is 0.465 e. The van der Waals surface area contributed by atoms with Crippen molar-refractivity contribution in [3.05, 3.63) is 40.9 Å². The molecule has 2 aliphatic rings. The number of ether oxygens (including phenoxy) is 1. The summed E-state index contributed by atoms with van der Waals surface area (Å²) in [6.45, 7) is 4.56. The van der Waals surface area contributed by atoms with Gasteiger partial charge in [0.25, 0.3) is 0 Å². The molecule has 5 N–H and O–H groups in total. The molecule has 5 rings (SSSR count). The molecule has 3 amide bonds. The van der Waals surface area contributed by atoms with Gasteiger partial charge in [-0.05, 0) is 57.7 Å². The van der Waals surface area contributed by atoms with Crippen molar-refractivity contribution in [2.45, 2.75) is 76.0 Å². The summed E-state index contributed by atoms with van der Waals surface area (Å²) in [5.41, 5.74) is -2.57. The number of anilines is 2. The Hall–Kier alpha value is -4.38. The number of halogens is 4. The molecule has 2 aromatic heterocycles. The normalized spacial score (nSPS) is 19.2. The highest BCUT2D eigenvalue weighted by Gasteiger charge is 2.48. The van der Waals surface area contributed by atoms with E-state index < -0.39 is 47.1 Å². The quantitative estimate of drug-likeness (QED) is 0.235. The van der Waals surface area contributed by atoms with E-state index in [0.29, 0.717) is 0 Å². The number of rotatable bonds is 8. The number of hydrogen-bond acceptors (Lipinski definition) is 9. The van der Waals surface area contributed by atoms with Crippen LogP contribution in [0.4, 0.5) is 34.3 Å². The lowest BCUT2D eigenvalue weighted by atomic mass is 9.96. The predicted octanol–water partition coefficient (Wildman–Crippen LogP) is 3.97. The maximum atomic E-state index is 14.0. The van der Waals surface area contributed by atoms with Gasteiger partial charge >= 0.3 is 18.4 Å². The summed E-state index contributed by atoms with van der Waals surface area (Å²) in [7, 11) is 0. The Bertz CT molecular complexity index is 1680. The second kappa shape index (κ2) is 12.1. The Labute approximate surface area is 265 Å². The second-order valence-electron chi connectivity index (χ2n) is 12.3. The van der Waals surface area contributed by atoms with E-state index in [1.807, 2.05) is 0 Å². The summed E-state index contributed by atoms with van der Waals surface area (Å²) in [5, 5.41) is 27.5. The topological polar surface area (TPSA) is 184 Å². The molecule has 18 heteroatoms. The smallest absolute Gasteiger partial charge is 0.418 e. The molecule has 1 aliphatic carbocycles. The third kappa shape index (κ3) is 7.20. The molecule has 248 valence electrons. The van der Waals surface area contributed by atoms with Gasteiger partial charge in [0, 0.05) is 28.9 Å². The molecule has 0 radical (unpaired) electrons. The highest BCUT2D eigenvalue weighted by molar-refractivity contribution is 6.31. The van der Waals surface area contributed by atoms with Crippen molar-refractivity contribution in [1.29, 1.82) is 0 Å². The number of nitrogens with one attached hydrogen (secondary N) is 3. The Morgan fingerprint density at radius 2 is 1.89 bits per heavy atom. The summed E-state index contributed by atoms with van der Waals surface area (Å²) in [6.07, 6.45) is -6.30. The first-order valence-electron chi connectivity index (χ1n) is 14.3. The van der Waals surface area contributed by atoms with Crippen LogP contribution in [0.3, 0.4) is 0 Å². The first-order chi connectivity index (χ1) is 21.5. The maximum Gasteiger partial charge on any atom is 0.418 e. The first kappa shape index (κ1) is 33.0. The average Bonchev–Trinajstić information content (AvgIpc) is 3.49. The van der Waals surface area contributed by atoms with Gasteiger partial charge in [0.1, 0.15) is 17.5 Å². The van der Waals surface area contributed by atoms with E-state index in [-0.39, 0.29) is 65.4 Å². The molecule has 46 heavy (non-hydrogen) atoms. The third-order valence-corrected chi connectivity index (χ3v) is 7.70. The highest BCUT2D eigenvalue weighted by atomic mass is 35.5. The summed E-state index contributed by atoms with van der Waals surface area (Å²) < 4.78 is 48.5. The van der Waals surface area contributed by atoms with Gasteiger partial charge in [0.2, 0.25) is 5.91 Å². The number of carboxylic acid groups (broad SMARTS) is 1. The summed E-state index contributed by atoms with van der Waals surface area (Å²) >= 11 is 6.30. The van der Waals surface area contributed by atoms with Crippen LogP contribution in [0.2, 0.25) is 5.02 Å². The van der Waals surface area contributed by atoms with E-state index in [1.54, 1.807) is 25.7 Å². The molecule has 3 heterocycles. The number of aromatic nitrogens is 4. The molecule has 1 aliphatic heterocycles. The van der Waals surface area contributed by atoms with E-state index in [0.717, 1.165) is 25.2 Å². The van der Waals surface area contributed by atoms with Gasteiger partial charge in [-0.2, -0.15) is 13.2 Å². The number of carbonyl (C=O) groups is 3. The summed E-state index contributed by atoms with van der Waals surface area (Å²) in [6, 6.07) is 2.32. The standard InChI is InChI=1S/C28H32ClF3N8O6/c1-26(2,3)46-25(45)37-21-19-22(34-12-33-21)40(13-35-19)10-17-16(20(41)28(30,31)32)8-14(29)9-18(17)39-7-6-27(11-39,38-24(43)44)23(42)36-15-4-5-15/h8-9,12-13,15,20,38,41H,4-7,10-11H2,1-3H3,(H,36,42)(H,43,44)(H,33,34,37,45)/t20?,27-/m1/s1. The molecular weight excluding hydrogens is 637 g/mol. The molecule has 1 unspecified atom stereocenters. The molecule has 0 bridgehead atoms. The van der Waals surface area contributed by atoms with Crippen LogP contribution in [0.1, 0.15) is 57.3 Å². The lowest BCUT2D eigenvalue weighted by Gasteiger charge is -2.30. The molecule has 3 aromatic rings. The van der Waals surface area contributed by atoms with E-state index in [4.69, 9.17) is 16.3 Å². The van der Waals surface area contributed by atoms with Crippen LogP contribution < -0.4 is 20.9 Å². The van der Waals surface area contributed by atoms with Gasteiger partial charge < -0.3 is 35.1 Å². The van der Waals surface area contributed by atoms with Crippen molar-refractivity contribution in [2.24, 2.45) is 0 Å². The molecule has 1 saturated carbocycles. The van der Waals surface area contributed by atoms with Crippen molar-refractivity contribution in [3.63, 3.8) is 0 Å². The Kier molecular flexibility index (Phi) is 8.67. The Morgan fingerprint density at radius 1 is 1.17 bits per heavy atom. The highest BCUT2D eigenvalue weighted by Crippen LogP contribution is 2.41. The third-order valence-electron chi connectivity index (χ3n) is 7.48. The SMILES string of the molecule is CC(C)(C)OC(=O)Nc1ncnc2c1ncn2Cc1c(C(O)C(F)(F)F)cc(Cl)cc1N1CC[C@](NC(=O)O)(C(=O)NC2CC2)C1. The van der Waals surface area contributed by atoms with Crippen molar-refractivity contribution in [2.75, 3.05) is 23.3 Å². The predicted molar refractivity (Wildman–Crippen MR) is 159 cm³/mol. The van der Waals surface area contributed by atoms with Crippen molar-refractivity contribution < 1.29 is 42.5 Å². The molecular formula is C28H32ClF3N8O6. The van der Waals surface area contributed by atoms with Gasteiger partial charge in [-0.15, -0.1) is 0 Å². The van der Waals surface area contributed by atoms with Gasteiger partial charge in [-0.1, -0.05) is 11.6 Å². The average molecular weight is 669 g/mol. The maximum absolute atomic E-state index is 14.0. The van der Waals surface area contributed by atoms with Crippen LogP contribution in [-0.2, 0) is 16.1 Å². The zero-order valence-electron chi connectivity index (χ0n) is 25.0. The van der Waals surface area contributed by atoms with Crippen LogP contribution >= 0.6 is 11.6 Å². The fourth-order valence-corrected chi connectivity index (χ4v) is 5.51. The molecule has 1 saturated heterocycles. The fraction of sp³-hybridized carbons (Fsp3) is 0.500. The minimum absolute atomic E-state index is 0.00405. The first-order valence-corrected chi connectivity index (χ1v) is 14.6. The lowest BCUT2D eigenvalue weighted by molar-refractivity contribution is -0.207. The van der Waals surface area contributed by atoms with Crippen LogP contribution in [0, 0.1) is 0 Å². The molecule has 14 nitrogen and oxygen atoms in total. The van der Waals surface area contributed by atoms with Crippen LogP contribution in [0.25, 0.3) is 11.2 Å². The van der Waals surface area contributed by atoms with Crippen LogP contribution in [-0.4, -0.2) is 84.3 Å². The van der Waals surface area contributed by atoms with E-state index in [9.17, 15) is 37.8 Å². The number of alkyl halides is 3. The number of hydrogen-bond donors (Lipinski definition) is 5. The minimum atomic E-state index is -5.07. The molecule has 1 aromatic carbocycles. The number of nitrogens with zero attached hydrogens (tertiary/aromatic N) is 5.